The van der Waals surface area contributed by atoms with E-state index in [0.717, 1.165) is 17.7 Å². The number of ketones is 1. The van der Waals surface area contributed by atoms with E-state index >= 15 is 0 Å². The zero-order valence-electron chi connectivity index (χ0n) is 10.9. The molecule has 0 atom stereocenters. The van der Waals surface area contributed by atoms with Gasteiger partial charge in [-0.3, -0.25) is 4.79 Å². The van der Waals surface area contributed by atoms with Gasteiger partial charge in [0, 0.05) is 6.42 Å². The molecule has 0 fully saturated rings. The van der Waals surface area contributed by atoms with Gasteiger partial charge >= 0.3 is 0 Å². The molecule has 0 radical (unpaired) electrons. The summed E-state index contributed by atoms with van der Waals surface area (Å²) in [5.41, 5.74) is 4.34. The molecule has 2 rings (SSSR count). The summed E-state index contributed by atoms with van der Waals surface area (Å²) >= 11 is 1.20. The van der Waals surface area contributed by atoms with Crippen molar-refractivity contribution in [3.63, 3.8) is 0 Å². The van der Waals surface area contributed by atoms with Crippen LogP contribution in [-0.4, -0.2) is 15.4 Å². The van der Waals surface area contributed by atoms with E-state index in [-0.39, 0.29) is 5.78 Å². The van der Waals surface area contributed by atoms with Crippen molar-refractivity contribution in [2.45, 2.75) is 33.6 Å². The second kappa shape index (κ2) is 5.40. The molecule has 0 aliphatic rings. The summed E-state index contributed by atoms with van der Waals surface area (Å²) < 4.78 is 3.86. The Balaban J connectivity index is 2.19. The van der Waals surface area contributed by atoms with Crippen LogP contribution in [0.15, 0.2) is 18.2 Å². The number of aryl methyl sites for hydroxylation is 3. The van der Waals surface area contributed by atoms with Crippen molar-refractivity contribution in [2.75, 3.05) is 0 Å². The summed E-state index contributed by atoms with van der Waals surface area (Å²) in [5.74, 6) is 0.116. The van der Waals surface area contributed by atoms with Crippen molar-refractivity contribution < 1.29 is 4.79 Å². The molecule has 1 heterocycles. The summed E-state index contributed by atoms with van der Waals surface area (Å²) in [6, 6.07) is 6.15. The van der Waals surface area contributed by atoms with E-state index in [1.807, 2.05) is 13.0 Å². The van der Waals surface area contributed by atoms with Gasteiger partial charge in [0.15, 0.2) is 5.78 Å². The van der Waals surface area contributed by atoms with E-state index in [1.165, 1.54) is 22.7 Å². The highest BCUT2D eigenvalue weighted by Crippen LogP contribution is 2.16. The van der Waals surface area contributed by atoms with Gasteiger partial charge in [0.05, 0.1) is 5.69 Å². The molecule has 0 saturated carbocycles. The number of carbonyl (C=O) groups excluding carboxylic acids is 1. The number of aromatic nitrogens is 2. The molecular formula is C14H16N2OS. The number of carbonyl (C=O) groups is 1. The lowest BCUT2D eigenvalue weighted by molar-refractivity contribution is 0.0996. The molecule has 0 unspecified atom stereocenters. The summed E-state index contributed by atoms with van der Waals surface area (Å²) in [6.45, 7) is 6.13. The van der Waals surface area contributed by atoms with E-state index in [9.17, 15) is 4.79 Å². The van der Waals surface area contributed by atoms with Crippen LogP contribution >= 0.6 is 11.5 Å². The lowest BCUT2D eigenvalue weighted by atomic mass is 10.0. The van der Waals surface area contributed by atoms with Gasteiger partial charge in [-0.25, -0.2) is 0 Å². The average Bonchev–Trinajstić information content (AvgIpc) is 2.82. The Morgan fingerprint density at radius 1 is 1.28 bits per heavy atom. The number of hydrogen-bond acceptors (Lipinski definition) is 4. The Kier molecular flexibility index (Phi) is 3.87. The van der Waals surface area contributed by atoms with Crippen LogP contribution in [0.2, 0.25) is 0 Å². The molecule has 0 aliphatic carbocycles. The Morgan fingerprint density at radius 2 is 2.06 bits per heavy atom. The number of Topliss-reactive ketones (excluding diaryl/α,β-unsaturated/α-hetero) is 1. The maximum atomic E-state index is 12.2. The van der Waals surface area contributed by atoms with E-state index in [1.54, 1.807) is 0 Å². The van der Waals surface area contributed by atoms with Gasteiger partial charge in [-0.05, 0) is 48.5 Å². The van der Waals surface area contributed by atoms with Gasteiger partial charge < -0.3 is 0 Å². The summed E-state index contributed by atoms with van der Waals surface area (Å²) in [4.78, 5) is 12.9. The minimum Gasteiger partial charge on any atom is -0.293 e. The highest BCUT2D eigenvalue weighted by molar-refractivity contribution is 7.08. The van der Waals surface area contributed by atoms with Crippen molar-refractivity contribution in [2.24, 2.45) is 0 Å². The summed E-state index contributed by atoms with van der Waals surface area (Å²) in [5, 5.41) is 3.98. The molecule has 1 aromatic carbocycles. The second-order valence-electron chi connectivity index (χ2n) is 4.42. The topological polar surface area (TPSA) is 42.9 Å². The standard InChI is InChI=1S/C14H16N2OS/c1-4-12-14(18-16-15-12)13(17)8-11-6-5-9(2)10(3)7-11/h5-7H,4,8H2,1-3H3. The monoisotopic (exact) mass is 260 g/mol. The van der Waals surface area contributed by atoms with Crippen LogP contribution in [0.1, 0.15) is 39.0 Å². The Morgan fingerprint density at radius 3 is 2.72 bits per heavy atom. The van der Waals surface area contributed by atoms with E-state index in [0.29, 0.717) is 11.3 Å². The maximum Gasteiger partial charge on any atom is 0.180 e. The molecule has 18 heavy (non-hydrogen) atoms. The minimum absolute atomic E-state index is 0.116. The van der Waals surface area contributed by atoms with Gasteiger partial charge in [-0.15, -0.1) is 5.10 Å². The van der Waals surface area contributed by atoms with Gasteiger partial charge in [0.1, 0.15) is 4.88 Å². The Hall–Kier alpha value is -1.55. The van der Waals surface area contributed by atoms with Crippen molar-refractivity contribution in [3.8, 4) is 0 Å². The first kappa shape index (κ1) is 12.9. The molecule has 0 amide bonds. The second-order valence-corrected chi connectivity index (χ2v) is 5.17. The van der Waals surface area contributed by atoms with Crippen molar-refractivity contribution in [3.05, 3.63) is 45.5 Å². The van der Waals surface area contributed by atoms with Crippen LogP contribution in [0.3, 0.4) is 0 Å². The number of benzene rings is 1. The van der Waals surface area contributed by atoms with Gasteiger partial charge in [-0.2, -0.15) is 0 Å². The quantitative estimate of drug-likeness (QED) is 0.793. The molecule has 2 aromatic rings. The molecule has 1 aromatic heterocycles. The van der Waals surface area contributed by atoms with Crippen LogP contribution in [0.5, 0.6) is 0 Å². The van der Waals surface area contributed by atoms with Crippen LogP contribution in [-0.2, 0) is 12.8 Å². The fraction of sp³-hybridized carbons (Fsp3) is 0.357. The van der Waals surface area contributed by atoms with Crippen LogP contribution in [0.4, 0.5) is 0 Å². The molecule has 0 aliphatic heterocycles. The van der Waals surface area contributed by atoms with Crippen molar-refractivity contribution in [1.29, 1.82) is 0 Å². The highest BCUT2D eigenvalue weighted by atomic mass is 32.1. The van der Waals surface area contributed by atoms with Gasteiger partial charge in [0.2, 0.25) is 0 Å². The zero-order valence-corrected chi connectivity index (χ0v) is 11.7. The third-order valence-corrected chi connectivity index (χ3v) is 3.89. The molecule has 0 bridgehead atoms. The third kappa shape index (κ3) is 2.64. The summed E-state index contributed by atoms with van der Waals surface area (Å²) in [6.07, 6.45) is 1.18. The first-order valence-corrected chi connectivity index (χ1v) is 6.79. The molecule has 4 heteroatoms. The van der Waals surface area contributed by atoms with E-state index in [2.05, 4.69) is 35.6 Å². The molecular weight excluding hydrogens is 244 g/mol. The smallest absolute Gasteiger partial charge is 0.180 e. The van der Waals surface area contributed by atoms with Crippen molar-refractivity contribution >= 4 is 17.3 Å². The predicted octanol–water partition coefficient (Wildman–Crippen LogP) is 3.14. The normalized spacial score (nSPS) is 10.6. The summed E-state index contributed by atoms with van der Waals surface area (Å²) in [7, 11) is 0. The fourth-order valence-electron chi connectivity index (χ4n) is 1.83. The number of hydrogen-bond donors (Lipinski definition) is 0. The SMILES string of the molecule is CCc1nnsc1C(=O)Cc1ccc(C)c(C)c1. The third-order valence-electron chi connectivity index (χ3n) is 3.08. The molecule has 0 spiro atoms. The zero-order chi connectivity index (χ0) is 13.1. The molecule has 94 valence electrons. The lowest BCUT2D eigenvalue weighted by Crippen LogP contribution is -2.04. The predicted molar refractivity (Wildman–Crippen MR) is 73.2 cm³/mol. The van der Waals surface area contributed by atoms with Gasteiger partial charge in [-0.1, -0.05) is 29.6 Å². The number of nitrogens with zero attached hydrogens (tertiary/aromatic N) is 2. The molecule has 0 saturated heterocycles. The molecule has 0 N–H and O–H groups in total. The minimum atomic E-state index is 0.116. The Labute approximate surface area is 111 Å². The molecule has 3 nitrogen and oxygen atoms in total. The van der Waals surface area contributed by atoms with Crippen LogP contribution < -0.4 is 0 Å². The fourth-order valence-corrected chi connectivity index (χ4v) is 2.52. The largest absolute Gasteiger partial charge is 0.293 e. The Bertz CT molecular complexity index is 575. The number of rotatable bonds is 4. The average molecular weight is 260 g/mol. The van der Waals surface area contributed by atoms with E-state index < -0.39 is 0 Å². The first-order valence-electron chi connectivity index (χ1n) is 6.02. The highest BCUT2D eigenvalue weighted by Gasteiger charge is 2.15. The first-order chi connectivity index (χ1) is 8.61. The van der Waals surface area contributed by atoms with Crippen LogP contribution in [0, 0.1) is 13.8 Å². The maximum absolute atomic E-state index is 12.2. The van der Waals surface area contributed by atoms with Crippen LogP contribution in [0.25, 0.3) is 0 Å². The van der Waals surface area contributed by atoms with Gasteiger partial charge in [0.25, 0.3) is 0 Å². The van der Waals surface area contributed by atoms with Crippen molar-refractivity contribution in [1.82, 2.24) is 9.59 Å². The lowest BCUT2D eigenvalue weighted by Gasteiger charge is -2.04. The van der Waals surface area contributed by atoms with E-state index in [4.69, 9.17) is 0 Å².